The van der Waals surface area contributed by atoms with Gasteiger partial charge < -0.3 is 4.52 Å². The molecule has 0 spiro atoms. The summed E-state index contributed by atoms with van der Waals surface area (Å²) >= 11 is 0. The molecule has 0 amide bonds. The van der Waals surface area contributed by atoms with Crippen LogP contribution in [0.5, 0.6) is 0 Å². The highest BCUT2D eigenvalue weighted by molar-refractivity contribution is 5.58. The van der Waals surface area contributed by atoms with Gasteiger partial charge in [0, 0.05) is 12.4 Å². The van der Waals surface area contributed by atoms with E-state index in [0.29, 0.717) is 11.3 Å². The molecule has 0 bridgehead atoms. The van der Waals surface area contributed by atoms with E-state index in [1.54, 1.807) is 18.3 Å². The number of aryl methyl sites for hydroxylation is 1. The van der Waals surface area contributed by atoms with E-state index in [1.807, 2.05) is 6.92 Å². The Morgan fingerprint density at radius 2 is 2.11 bits per heavy atom. The third kappa shape index (κ3) is 2.20. The first-order valence-corrected chi connectivity index (χ1v) is 5.60. The number of halogens is 1. The second-order valence-electron chi connectivity index (χ2n) is 4.00. The minimum absolute atomic E-state index is 0.193. The average Bonchev–Trinajstić information content (AvgIpc) is 2.89. The summed E-state index contributed by atoms with van der Waals surface area (Å²) in [6, 6.07) is 4.83. The predicted molar refractivity (Wildman–Crippen MR) is 65.5 cm³/mol. The lowest BCUT2D eigenvalue weighted by atomic mass is 10.1. The van der Waals surface area contributed by atoms with Gasteiger partial charge in [-0.25, -0.2) is 9.37 Å². The van der Waals surface area contributed by atoms with E-state index < -0.39 is 0 Å². The zero-order valence-electron chi connectivity index (χ0n) is 10.0. The second kappa shape index (κ2) is 4.56. The first-order chi connectivity index (χ1) is 9.24. The molecule has 0 saturated heterocycles. The number of hydrogen-bond acceptors (Lipinski definition) is 5. The zero-order chi connectivity index (χ0) is 13.2. The Morgan fingerprint density at radius 3 is 2.84 bits per heavy atom. The fourth-order valence-corrected chi connectivity index (χ4v) is 1.65. The number of rotatable bonds is 2. The monoisotopic (exact) mass is 256 g/mol. The predicted octanol–water partition coefficient (Wildman–Crippen LogP) is 2.64. The average molecular weight is 256 g/mol. The Hall–Kier alpha value is -2.63. The van der Waals surface area contributed by atoms with Crippen LogP contribution >= 0.6 is 0 Å². The molecule has 0 aliphatic heterocycles. The Labute approximate surface area is 108 Å². The van der Waals surface area contributed by atoms with E-state index >= 15 is 0 Å². The van der Waals surface area contributed by atoms with Gasteiger partial charge >= 0.3 is 0 Å². The molecule has 5 nitrogen and oxygen atoms in total. The van der Waals surface area contributed by atoms with Crippen LogP contribution in [0.1, 0.15) is 5.56 Å². The van der Waals surface area contributed by atoms with Gasteiger partial charge in [0.15, 0.2) is 0 Å². The molecule has 94 valence electrons. The highest BCUT2D eigenvalue weighted by Gasteiger charge is 2.14. The van der Waals surface area contributed by atoms with Crippen molar-refractivity contribution in [2.45, 2.75) is 6.92 Å². The topological polar surface area (TPSA) is 64.7 Å². The fraction of sp³-hybridized carbons (Fsp3) is 0.0769. The quantitative estimate of drug-likeness (QED) is 0.705. The Kier molecular flexibility index (Phi) is 2.75. The first kappa shape index (κ1) is 11.5. The van der Waals surface area contributed by atoms with Crippen LogP contribution in [-0.4, -0.2) is 20.1 Å². The maximum Gasteiger partial charge on any atom is 0.278 e. The number of hydrogen-bond donors (Lipinski definition) is 0. The lowest BCUT2D eigenvalue weighted by Gasteiger charge is -1.98. The lowest BCUT2D eigenvalue weighted by molar-refractivity contribution is 0.430. The Balaban J connectivity index is 2.02. The van der Waals surface area contributed by atoms with Gasteiger partial charge in [0.1, 0.15) is 11.5 Å². The fourth-order valence-electron chi connectivity index (χ4n) is 1.65. The molecular formula is C13H9FN4O. The van der Waals surface area contributed by atoms with E-state index in [2.05, 4.69) is 20.1 Å². The van der Waals surface area contributed by atoms with Gasteiger partial charge in [0.2, 0.25) is 5.82 Å². The van der Waals surface area contributed by atoms with Crippen molar-refractivity contribution in [2.75, 3.05) is 0 Å². The van der Waals surface area contributed by atoms with Gasteiger partial charge in [-0.3, -0.25) is 4.98 Å². The van der Waals surface area contributed by atoms with E-state index in [1.165, 1.54) is 18.5 Å². The number of benzene rings is 1. The van der Waals surface area contributed by atoms with Crippen LogP contribution in [0.3, 0.4) is 0 Å². The molecule has 0 radical (unpaired) electrons. The van der Waals surface area contributed by atoms with Crippen LogP contribution in [0.2, 0.25) is 0 Å². The van der Waals surface area contributed by atoms with Gasteiger partial charge in [-0.2, -0.15) is 4.98 Å². The molecule has 0 unspecified atom stereocenters. The molecule has 0 N–H and O–H groups in total. The van der Waals surface area contributed by atoms with Gasteiger partial charge in [-0.05, 0) is 24.6 Å². The highest BCUT2D eigenvalue weighted by Crippen LogP contribution is 2.23. The molecule has 2 aromatic heterocycles. The summed E-state index contributed by atoms with van der Waals surface area (Å²) in [6.45, 7) is 1.81. The largest absolute Gasteiger partial charge is 0.332 e. The molecule has 2 heterocycles. The maximum absolute atomic E-state index is 13.8. The molecule has 3 aromatic rings. The highest BCUT2D eigenvalue weighted by atomic mass is 19.1. The first-order valence-electron chi connectivity index (χ1n) is 5.60. The normalized spacial score (nSPS) is 10.6. The molecule has 0 saturated carbocycles. The molecule has 19 heavy (non-hydrogen) atoms. The van der Waals surface area contributed by atoms with Crippen molar-refractivity contribution in [2.24, 2.45) is 0 Å². The van der Waals surface area contributed by atoms with Gasteiger partial charge in [0.05, 0.1) is 11.8 Å². The Morgan fingerprint density at radius 1 is 1.21 bits per heavy atom. The summed E-state index contributed by atoms with van der Waals surface area (Å²) in [5, 5.41) is 3.76. The zero-order valence-corrected chi connectivity index (χ0v) is 10.0. The van der Waals surface area contributed by atoms with E-state index in [9.17, 15) is 4.39 Å². The van der Waals surface area contributed by atoms with Crippen molar-refractivity contribution in [1.29, 1.82) is 0 Å². The summed E-state index contributed by atoms with van der Waals surface area (Å²) in [5.74, 6) is 0.0210. The molecule has 0 aliphatic rings. The summed E-state index contributed by atoms with van der Waals surface area (Å²) < 4.78 is 18.9. The minimum atomic E-state index is -0.383. The van der Waals surface area contributed by atoms with Gasteiger partial charge in [-0.15, -0.1) is 0 Å². The van der Waals surface area contributed by atoms with Gasteiger partial charge in [0.25, 0.3) is 5.89 Å². The lowest BCUT2D eigenvalue weighted by Crippen LogP contribution is -1.88. The molecule has 1 aromatic carbocycles. The van der Waals surface area contributed by atoms with Gasteiger partial charge in [-0.1, -0.05) is 11.2 Å². The van der Waals surface area contributed by atoms with Crippen LogP contribution in [0.15, 0.2) is 41.3 Å². The molecule has 0 atom stereocenters. The van der Waals surface area contributed by atoms with Crippen molar-refractivity contribution in [3.63, 3.8) is 0 Å². The molecular weight excluding hydrogens is 247 g/mol. The van der Waals surface area contributed by atoms with E-state index in [0.717, 1.165) is 5.56 Å². The summed E-state index contributed by atoms with van der Waals surface area (Å²) in [6.07, 6.45) is 4.56. The second-order valence-corrected chi connectivity index (χ2v) is 4.00. The molecule has 6 heteroatoms. The van der Waals surface area contributed by atoms with Crippen molar-refractivity contribution >= 4 is 0 Å². The smallest absolute Gasteiger partial charge is 0.278 e. The van der Waals surface area contributed by atoms with E-state index in [4.69, 9.17) is 4.52 Å². The van der Waals surface area contributed by atoms with Crippen LogP contribution in [-0.2, 0) is 0 Å². The van der Waals surface area contributed by atoms with Crippen LogP contribution in [0.25, 0.3) is 23.0 Å². The summed E-state index contributed by atoms with van der Waals surface area (Å²) in [5.41, 5.74) is 1.58. The van der Waals surface area contributed by atoms with E-state index in [-0.39, 0.29) is 17.5 Å². The standard InChI is InChI=1S/C13H9FN4O/c1-8-2-3-9(10(14)6-8)12-17-13(19-18-12)11-7-15-4-5-16-11/h2-7H,1H3. The molecule has 0 fully saturated rings. The van der Waals surface area contributed by atoms with Crippen LogP contribution in [0, 0.1) is 12.7 Å². The van der Waals surface area contributed by atoms with Crippen molar-refractivity contribution in [3.05, 3.63) is 48.2 Å². The Bertz CT molecular complexity index is 712. The minimum Gasteiger partial charge on any atom is -0.332 e. The van der Waals surface area contributed by atoms with Crippen molar-refractivity contribution in [3.8, 4) is 23.0 Å². The van der Waals surface area contributed by atoms with Crippen LogP contribution < -0.4 is 0 Å². The SMILES string of the molecule is Cc1ccc(-c2noc(-c3cnccn3)n2)c(F)c1. The summed E-state index contributed by atoms with van der Waals surface area (Å²) in [4.78, 5) is 12.1. The van der Waals surface area contributed by atoms with Crippen molar-refractivity contribution < 1.29 is 8.91 Å². The third-order valence-corrected chi connectivity index (χ3v) is 2.57. The molecule has 0 aliphatic carbocycles. The maximum atomic E-state index is 13.8. The van der Waals surface area contributed by atoms with Crippen molar-refractivity contribution in [1.82, 2.24) is 20.1 Å². The number of aromatic nitrogens is 4. The third-order valence-electron chi connectivity index (χ3n) is 2.57. The number of nitrogens with zero attached hydrogens (tertiary/aromatic N) is 4. The molecule has 3 rings (SSSR count). The summed E-state index contributed by atoms with van der Waals surface area (Å²) in [7, 11) is 0. The van der Waals surface area contributed by atoms with Crippen LogP contribution in [0.4, 0.5) is 4.39 Å².